The van der Waals surface area contributed by atoms with E-state index >= 15 is 0 Å². The average Bonchev–Trinajstić information content (AvgIpc) is 3.52. The summed E-state index contributed by atoms with van der Waals surface area (Å²) >= 11 is 8.74. The quantitative estimate of drug-likeness (QED) is 0.252. The highest BCUT2D eigenvalue weighted by atomic mass is 35.5. The van der Waals surface area contributed by atoms with Gasteiger partial charge in [-0.25, -0.2) is 18.1 Å². The molecule has 3 aromatic heterocycles. The van der Waals surface area contributed by atoms with Gasteiger partial charge in [0.2, 0.25) is 10.0 Å². The van der Waals surface area contributed by atoms with Crippen LogP contribution in [0.3, 0.4) is 0 Å². The second-order valence-electron chi connectivity index (χ2n) is 9.43. The van der Waals surface area contributed by atoms with Crippen LogP contribution < -0.4 is 10.5 Å². The van der Waals surface area contributed by atoms with Crippen LogP contribution >= 0.6 is 34.3 Å². The number of alkyl halides is 3. The molecule has 1 aliphatic carbocycles. The van der Waals surface area contributed by atoms with Crippen molar-refractivity contribution in [2.24, 2.45) is 0 Å². The van der Waals surface area contributed by atoms with Gasteiger partial charge in [-0.1, -0.05) is 41.1 Å². The van der Waals surface area contributed by atoms with Gasteiger partial charge >= 0.3 is 6.18 Å². The topological polar surface area (TPSA) is 98.0 Å². The lowest BCUT2D eigenvalue weighted by Crippen LogP contribution is -2.36. The third-order valence-corrected chi connectivity index (χ3v) is 10.7. The van der Waals surface area contributed by atoms with E-state index in [0.717, 1.165) is 35.3 Å². The molecule has 13 heteroatoms. The highest BCUT2D eigenvalue weighted by Crippen LogP contribution is 2.44. The minimum atomic E-state index is -4.44. The van der Waals surface area contributed by atoms with E-state index < -0.39 is 32.9 Å². The number of rotatable bonds is 7. The van der Waals surface area contributed by atoms with Crippen LogP contribution in [0.2, 0.25) is 4.34 Å². The van der Waals surface area contributed by atoms with E-state index in [4.69, 9.17) is 17.3 Å². The zero-order chi connectivity index (χ0) is 26.8. The van der Waals surface area contributed by atoms with E-state index in [-0.39, 0.29) is 15.0 Å². The molecule has 196 valence electrons. The number of benzene rings is 1. The Morgan fingerprint density at radius 3 is 2.51 bits per heavy atom. The van der Waals surface area contributed by atoms with Gasteiger partial charge in [0.15, 0.2) is 5.13 Å². The third-order valence-electron chi connectivity index (χ3n) is 6.46. The lowest BCUT2D eigenvalue weighted by Gasteiger charge is -2.28. The number of fused-ring (bicyclic) bond motifs is 1. The van der Waals surface area contributed by atoms with Gasteiger partial charge in [-0.3, -0.25) is 4.98 Å². The molecule has 0 aliphatic heterocycles. The summed E-state index contributed by atoms with van der Waals surface area (Å²) in [6.45, 7) is 2.27. The van der Waals surface area contributed by atoms with E-state index in [1.807, 2.05) is 12.1 Å². The number of sulfonamides is 1. The number of nitrogens with one attached hydrogen (secondary N) is 1. The Balaban J connectivity index is 1.62. The number of pyridine rings is 1. The summed E-state index contributed by atoms with van der Waals surface area (Å²) in [5.74, 6) is 0. The van der Waals surface area contributed by atoms with Crippen LogP contribution in [0.1, 0.15) is 48.9 Å². The maximum absolute atomic E-state index is 13.7. The Labute approximate surface area is 224 Å². The summed E-state index contributed by atoms with van der Waals surface area (Å²) in [5, 5.41) is 0.541. The van der Waals surface area contributed by atoms with Gasteiger partial charge in [-0.2, -0.15) is 13.2 Å². The molecule has 5 rings (SSSR count). The van der Waals surface area contributed by atoms with Crippen molar-refractivity contribution in [1.29, 1.82) is 0 Å². The fourth-order valence-corrected chi connectivity index (χ4v) is 7.76. The van der Waals surface area contributed by atoms with Crippen molar-refractivity contribution < 1.29 is 21.6 Å². The lowest BCUT2D eigenvalue weighted by molar-refractivity contribution is -0.180. The smallest absolute Gasteiger partial charge is 0.375 e. The Morgan fingerprint density at radius 1 is 1.16 bits per heavy atom. The molecule has 0 radical (unpaired) electrons. The van der Waals surface area contributed by atoms with Gasteiger partial charge in [0.05, 0.1) is 22.1 Å². The standard InChI is InChI=1S/C24H22ClF3N4O2S3/c1-23(2,24(26,27)28)13-8-9-30-16(11-13)15-5-3-4-12-10-17(35-20(12)15)18(19-21(25)36-22(29)31-19)32-37(33,34)14-6-7-14/h3-5,8-11,14,18,32H,6-7H2,1-2H3,(H2,29,31). The zero-order valence-corrected chi connectivity index (χ0v) is 22.8. The summed E-state index contributed by atoms with van der Waals surface area (Å²) in [4.78, 5) is 9.27. The molecule has 3 N–H and O–H groups in total. The van der Waals surface area contributed by atoms with Crippen molar-refractivity contribution in [3.63, 3.8) is 0 Å². The van der Waals surface area contributed by atoms with Gasteiger partial charge < -0.3 is 5.73 Å². The number of nitrogen functional groups attached to an aromatic ring is 1. The van der Waals surface area contributed by atoms with E-state index in [9.17, 15) is 21.6 Å². The number of hydrogen-bond donors (Lipinski definition) is 2. The van der Waals surface area contributed by atoms with Gasteiger partial charge in [-0.05, 0) is 55.8 Å². The molecule has 1 unspecified atom stereocenters. The second-order valence-corrected chi connectivity index (χ2v) is 14.1. The number of nitrogens with zero attached hydrogens (tertiary/aromatic N) is 2. The summed E-state index contributed by atoms with van der Waals surface area (Å²) in [6.07, 6.45) is -1.89. The van der Waals surface area contributed by atoms with E-state index in [0.29, 0.717) is 34.7 Å². The SMILES string of the molecule is CC(C)(c1ccnc(-c2cccc3cc(C(NS(=O)(=O)C4CC4)c4nc(N)sc4Cl)sc23)c1)C(F)(F)F. The van der Waals surface area contributed by atoms with Crippen LogP contribution in [0, 0.1) is 0 Å². The van der Waals surface area contributed by atoms with Crippen LogP contribution in [0.5, 0.6) is 0 Å². The molecule has 0 amide bonds. The molecule has 0 spiro atoms. The number of anilines is 1. The predicted molar refractivity (Wildman–Crippen MR) is 143 cm³/mol. The first-order valence-electron chi connectivity index (χ1n) is 11.3. The van der Waals surface area contributed by atoms with Crippen LogP contribution in [0.4, 0.5) is 18.3 Å². The molecule has 4 aromatic rings. The molecule has 0 saturated heterocycles. The summed E-state index contributed by atoms with van der Waals surface area (Å²) in [5.41, 5.74) is 5.22. The Bertz CT molecular complexity index is 1590. The van der Waals surface area contributed by atoms with Crippen molar-refractivity contribution in [3.8, 4) is 11.3 Å². The molecule has 1 fully saturated rings. The number of thiazole rings is 1. The van der Waals surface area contributed by atoms with Crippen molar-refractivity contribution in [2.45, 2.75) is 49.6 Å². The normalized spacial score (nSPS) is 15.8. The summed E-state index contributed by atoms with van der Waals surface area (Å²) in [6, 6.07) is 9.22. The molecule has 1 atom stereocenters. The van der Waals surface area contributed by atoms with Crippen LogP contribution in [0.15, 0.2) is 42.6 Å². The molecule has 1 aliphatic rings. The third kappa shape index (κ3) is 4.97. The fourth-order valence-electron chi connectivity index (χ4n) is 3.95. The minimum absolute atomic E-state index is 0.0959. The lowest BCUT2D eigenvalue weighted by atomic mass is 9.84. The molecular formula is C24H22ClF3N4O2S3. The van der Waals surface area contributed by atoms with Gasteiger partial charge in [0.25, 0.3) is 0 Å². The number of halogens is 4. The summed E-state index contributed by atoms with van der Waals surface area (Å²) in [7, 11) is -3.62. The van der Waals surface area contributed by atoms with Crippen molar-refractivity contribution in [2.75, 3.05) is 5.73 Å². The van der Waals surface area contributed by atoms with Crippen molar-refractivity contribution in [1.82, 2.24) is 14.7 Å². The second kappa shape index (κ2) is 9.19. The van der Waals surface area contributed by atoms with Gasteiger partial charge in [0, 0.05) is 21.3 Å². The first-order valence-corrected chi connectivity index (χ1v) is 14.8. The average molecular weight is 587 g/mol. The molecule has 1 aromatic carbocycles. The van der Waals surface area contributed by atoms with Crippen LogP contribution in [-0.4, -0.2) is 29.8 Å². The molecule has 0 bridgehead atoms. The number of nitrogens with two attached hydrogens (primary N) is 1. The maximum atomic E-state index is 13.7. The van der Waals surface area contributed by atoms with Crippen molar-refractivity contribution >= 4 is 59.5 Å². The molecule has 3 heterocycles. The first kappa shape index (κ1) is 26.4. The number of aromatic nitrogens is 2. The Morgan fingerprint density at radius 2 is 1.89 bits per heavy atom. The van der Waals surface area contributed by atoms with Gasteiger partial charge in [-0.15, -0.1) is 11.3 Å². The molecule has 37 heavy (non-hydrogen) atoms. The van der Waals surface area contributed by atoms with Crippen LogP contribution in [0.25, 0.3) is 21.3 Å². The summed E-state index contributed by atoms with van der Waals surface area (Å²) < 4.78 is 70.6. The maximum Gasteiger partial charge on any atom is 0.397 e. The molecule has 6 nitrogen and oxygen atoms in total. The van der Waals surface area contributed by atoms with Crippen molar-refractivity contribution in [3.05, 3.63) is 63.1 Å². The largest absolute Gasteiger partial charge is 0.397 e. The number of hydrogen-bond acceptors (Lipinski definition) is 7. The minimum Gasteiger partial charge on any atom is -0.375 e. The van der Waals surface area contributed by atoms with Crippen LogP contribution in [-0.2, 0) is 15.4 Å². The monoisotopic (exact) mass is 586 g/mol. The Kier molecular flexibility index (Phi) is 6.55. The van der Waals surface area contributed by atoms with E-state index in [1.165, 1.54) is 29.7 Å². The number of thiophene rings is 1. The zero-order valence-electron chi connectivity index (χ0n) is 19.6. The van der Waals surface area contributed by atoms with Gasteiger partial charge in [0.1, 0.15) is 10.4 Å². The molecular weight excluding hydrogens is 565 g/mol. The van der Waals surface area contributed by atoms with E-state index in [1.54, 1.807) is 12.1 Å². The van der Waals surface area contributed by atoms with E-state index in [2.05, 4.69) is 14.7 Å². The fraction of sp³-hybridized carbons (Fsp3) is 0.333. The first-order chi connectivity index (χ1) is 17.3. The molecule has 1 saturated carbocycles. The Hall–Kier alpha value is -2.25. The predicted octanol–water partition coefficient (Wildman–Crippen LogP) is 6.67. The highest BCUT2D eigenvalue weighted by molar-refractivity contribution is 7.90. The highest BCUT2D eigenvalue weighted by Gasteiger charge is 2.48.